The van der Waals surface area contributed by atoms with Crippen LogP contribution in [-0.4, -0.2) is 28.5 Å². The number of halogens is 1. The number of nitrogens with zero attached hydrogens (tertiary/aromatic N) is 3. The standard InChI is InChI=1S/C21H17ClN4O2/c22-17-4-2-8-26-12-18(24-20(17)26)16-9-13-5-6-15(10-19(13)28-21(16)27)25-7-1-3-14(23)11-25/h1-6,8-10,12,14H,7,11,23H2. The number of nitrogens with two attached hydrogens (primary N) is 1. The highest BCUT2D eigenvalue weighted by Gasteiger charge is 2.16. The average molecular weight is 393 g/mol. The molecule has 5 rings (SSSR count). The van der Waals surface area contributed by atoms with E-state index in [-0.39, 0.29) is 6.04 Å². The molecular formula is C21H17ClN4O2. The number of rotatable bonds is 2. The highest BCUT2D eigenvalue weighted by molar-refractivity contribution is 6.33. The summed E-state index contributed by atoms with van der Waals surface area (Å²) in [6.45, 7) is 1.51. The molecule has 1 aliphatic rings. The van der Waals surface area contributed by atoms with Crippen LogP contribution in [0.2, 0.25) is 5.02 Å². The summed E-state index contributed by atoms with van der Waals surface area (Å²) in [6.07, 6.45) is 7.66. The van der Waals surface area contributed by atoms with Gasteiger partial charge < -0.3 is 19.5 Å². The van der Waals surface area contributed by atoms with Gasteiger partial charge in [-0.3, -0.25) is 0 Å². The Kier molecular flexibility index (Phi) is 3.96. The Labute approximate surface area is 165 Å². The lowest BCUT2D eigenvalue weighted by atomic mass is 10.1. The fourth-order valence-electron chi connectivity index (χ4n) is 3.55. The quantitative estimate of drug-likeness (QED) is 0.417. The van der Waals surface area contributed by atoms with Crippen LogP contribution in [-0.2, 0) is 0 Å². The van der Waals surface area contributed by atoms with Crippen molar-refractivity contribution in [2.75, 3.05) is 18.0 Å². The minimum Gasteiger partial charge on any atom is -0.422 e. The maximum Gasteiger partial charge on any atom is 0.345 e. The monoisotopic (exact) mass is 392 g/mol. The molecule has 4 heterocycles. The number of aromatic nitrogens is 2. The zero-order chi connectivity index (χ0) is 19.3. The van der Waals surface area contributed by atoms with Crippen LogP contribution in [0.3, 0.4) is 0 Å². The zero-order valence-electron chi connectivity index (χ0n) is 14.9. The van der Waals surface area contributed by atoms with Crippen LogP contribution in [0.5, 0.6) is 0 Å². The van der Waals surface area contributed by atoms with Gasteiger partial charge in [-0.1, -0.05) is 23.8 Å². The molecule has 1 unspecified atom stereocenters. The van der Waals surface area contributed by atoms with Gasteiger partial charge in [0.15, 0.2) is 5.65 Å². The van der Waals surface area contributed by atoms with Gasteiger partial charge in [-0.2, -0.15) is 0 Å². The highest BCUT2D eigenvalue weighted by atomic mass is 35.5. The van der Waals surface area contributed by atoms with Gasteiger partial charge in [0, 0.05) is 48.7 Å². The highest BCUT2D eigenvalue weighted by Crippen LogP contribution is 2.27. The molecule has 0 bridgehead atoms. The lowest BCUT2D eigenvalue weighted by molar-refractivity contribution is 0.563. The van der Waals surface area contributed by atoms with Gasteiger partial charge in [0.05, 0.1) is 16.3 Å². The molecule has 4 aromatic rings. The molecule has 0 aliphatic carbocycles. The maximum absolute atomic E-state index is 12.6. The Hall–Kier alpha value is -3.09. The lowest BCUT2D eigenvalue weighted by Crippen LogP contribution is -2.39. The van der Waals surface area contributed by atoms with Crippen LogP contribution < -0.4 is 16.3 Å². The molecular weight excluding hydrogens is 376 g/mol. The number of hydrogen-bond donors (Lipinski definition) is 1. The molecule has 7 heteroatoms. The molecule has 28 heavy (non-hydrogen) atoms. The van der Waals surface area contributed by atoms with Crippen LogP contribution in [0.25, 0.3) is 27.9 Å². The van der Waals surface area contributed by atoms with Crippen molar-refractivity contribution in [3.05, 3.63) is 76.4 Å². The third kappa shape index (κ3) is 2.87. The van der Waals surface area contributed by atoms with E-state index in [4.69, 9.17) is 21.8 Å². The second kappa shape index (κ2) is 6.51. The van der Waals surface area contributed by atoms with Gasteiger partial charge in [0.25, 0.3) is 0 Å². The largest absolute Gasteiger partial charge is 0.422 e. The summed E-state index contributed by atoms with van der Waals surface area (Å²) in [6, 6.07) is 11.2. The van der Waals surface area contributed by atoms with E-state index in [2.05, 4.69) is 9.88 Å². The van der Waals surface area contributed by atoms with Crippen molar-refractivity contribution in [3.63, 3.8) is 0 Å². The van der Waals surface area contributed by atoms with Gasteiger partial charge in [0.2, 0.25) is 0 Å². The van der Waals surface area contributed by atoms with Crippen LogP contribution in [0.1, 0.15) is 0 Å². The Balaban J connectivity index is 1.58. The molecule has 2 N–H and O–H groups in total. The van der Waals surface area contributed by atoms with Crippen molar-refractivity contribution < 1.29 is 4.42 Å². The van der Waals surface area contributed by atoms with Crippen molar-refractivity contribution >= 4 is 33.9 Å². The van der Waals surface area contributed by atoms with E-state index < -0.39 is 5.63 Å². The summed E-state index contributed by atoms with van der Waals surface area (Å²) in [5.41, 5.74) is 8.62. The van der Waals surface area contributed by atoms with Gasteiger partial charge in [0.1, 0.15) is 5.58 Å². The predicted molar refractivity (Wildman–Crippen MR) is 111 cm³/mol. The first-order valence-corrected chi connectivity index (χ1v) is 9.35. The molecule has 1 aromatic carbocycles. The van der Waals surface area contributed by atoms with Crippen LogP contribution >= 0.6 is 11.6 Å². The number of benzene rings is 1. The molecule has 0 fully saturated rings. The summed E-state index contributed by atoms with van der Waals surface area (Å²) in [5.74, 6) is 0. The number of imidazole rings is 1. The van der Waals surface area contributed by atoms with Crippen LogP contribution in [0.15, 0.2) is 70.2 Å². The predicted octanol–water partition coefficient (Wildman–Crippen LogP) is 3.46. The third-order valence-electron chi connectivity index (χ3n) is 4.94. The van der Waals surface area contributed by atoms with E-state index in [1.54, 1.807) is 16.7 Å². The smallest absolute Gasteiger partial charge is 0.345 e. The summed E-state index contributed by atoms with van der Waals surface area (Å²) in [7, 11) is 0. The molecule has 0 saturated carbocycles. The minimum atomic E-state index is -0.431. The normalized spacial score (nSPS) is 16.9. The van der Waals surface area contributed by atoms with Gasteiger partial charge in [-0.25, -0.2) is 9.78 Å². The van der Waals surface area contributed by atoms with Gasteiger partial charge in [-0.05, 0) is 30.3 Å². The Morgan fingerprint density at radius 3 is 2.96 bits per heavy atom. The fraction of sp³-hybridized carbons (Fsp3) is 0.143. The average Bonchev–Trinajstić information content (AvgIpc) is 3.12. The maximum atomic E-state index is 12.6. The number of hydrogen-bond acceptors (Lipinski definition) is 5. The molecule has 0 spiro atoms. The van der Waals surface area contributed by atoms with Crippen molar-refractivity contribution in [1.82, 2.24) is 9.38 Å². The first kappa shape index (κ1) is 17.0. The second-order valence-electron chi connectivity index (χ2n) is 6.88. The summed E-state index contributed by atoms with van der Waals surface area (Å²) >= 11 is 6.19. The molecule has 1 aliphatic heterocycles. The van der Waals surface area contributed by atoms with Gasteiger partial charge >= 0.3 is 5.63 Å². The van der Waals surface area contributed by atoms with E-state index in [9.17, 15) is 4.79 Å². The summed E-state index contributed by atoms with van der Waals surface area (Å²) < 4.78 is 7.41. The molecule has 0 amide bonds. The van der Waals surface area contributed by atoms with Crippen molar-refractivity contribution in [2.45, 2.75) is 6.04 Å². The molecule has 0 radical (unpaired) electrons. The SMILES string of the molecule is NC1C=CCN(c2ccc3cc(-c4cn5cccc(Cl)c5n4)c(=O)oc3c2)C1. The van der Waals surface area contributed by atoms with Crippen LogP contribution in [0, 0.1) is 0 Å². The molecule has 3 aromatic heterocycles. The second-order valence-corrected chi connectivity index (χ2v) is 7.29. The Morgan fingerprint density at radius 1 is 1.25 bits per heavy atom. The number of anilines is 1. The first-order valence-electron chi connectivity index (χ1n) is 8.97. The molecule has 140 valence electrons. The Morgan fingerprint density at radius 2 is 2.14 bits per heavy atom. The van der Waals surface area contributed by atoms with Crippen molar-refractivity contribution in [1.29, 1.82) is 0 Å². The van der Waals surface area contributed by atoms with Crippen LogP contribution in [0.4, 0.5) is 5.69 Å². The number of fused-ring (bicyclic) bond motifs is 2. The topological polar surface area (TPSA) is 76.8 Å². The molecule has 0 saturated heterocycles. The number of pyridine rings is 1. The van der Waals surface area contributed by atoms with Gasteiger partial charge in [-0.15, -0.1) is 0 Å². The summed E-state index contributed by atoms with van der Waals surface area (Å²) in [5, 5.41) is 1.36. The summed E-state index contributed by atoms with van der Waals surface area (Å²) in [4.78, 5) is 19.3. The lowest BCUT2D eigenvalue weighted by Gasteiger charge is -2.29. The molecule has 6 nitrogen and oxygen atoms in total. The Bertz CT molecular complexity index is 1290. The van der Waals surface area contributed by atoms with E-state index in [0.29, 0.717) is 27.5 Å². The van der Waals surface area contributed by atoms with E-state index in [1.165, 1.54) is 0 Å². The third-order valence-corrected chi connectivity index (χ3v) is 5.23. The van der Waals surface area contributed by atoms with Crippen molar-refractivity contribution in [3.8, 4) is 11.3 Å². The van der Waals surface area contributed by atoms with Crippen molar-refractivity contribution in [2.24, 2.45) is 5.73 Å². The van der Waals surface area contributed by atoms with E-state index in [0.717, 1.165) is 24.2 Å². The zero-order valence-corrected chi connectivity index (χ0v) is 15.6. The van der Waals surface area contributed by atoms with E-state index >= 15 is 0 Å². The fourth-order valence-corrected chi connectivity index (χ4v) is 3.76. The van der Waals surface area contributed by atoms with E-state index in [1.807, 2.05) is 48.7 Å². The first-order chi connectivity index (χ1) is 13.6. The molecule has 1 atom stereocenters. The minimum absolute atomic E-state index is 0.000651.